The third kappa shape index (κ3) is 4.39. The van der Waals surface area contributed by atoms with Crippen LogP contribution in [0.5, 0.6) is 22.4 Å². The predicted molar refractivity (Wildman–Crippen MR) is 144 cm³/mol. The standard InChI is InChI=1S/C28H24N4O5S/c1-16-5-6-17(22-8-7-19(33-2)13-29-22)10-24(16)36-15-18-9-20(34-3)11-25-21(18)12-26(37-25)23-14-32-27(30-23)38-28(31-32)35-4/h5-14H,15H2,1-4H3. The van der Waals surface area contributed by atoms with Crippen molar-refractivity contribution in [2.45, 2.75) is 13.5 Å². The molecule has 0 aliphatic heterocycles. The number of fused-ring (bicyclic) bond motifs is 2. The van der Waals surface area contributed by atoms with Crippen molar-refractivity contribution in [2.75, 3.05) is 21.3 Å². The number of aromatic nitrogens is 4. The molecular formula is C28H24N4O5S. The van der Waals surface area contributed by atoms with E-state index in [9.17, 15) is 0 Å². The molecule has 6 aromatic rings. The molecule has 0 N–H and O–H groups in total. The molecule has 10 heteroatoms. The Morgan fingerprint density at radius 3 is 2.53 bits per heavy atom. The van der Waals surface area contributed by atoms with Gasteiger partial charge >= 0.3 is 0 Å². The molecule has 0 aliphatic carbocycles. The van der Waals surface area contributed by atoms with Gasteiger partial charge in [0.25, 0.3) is 5.19 Å². The molecule has 38 heavy (non-hydrogen) atoms. The van der Waals surface area contributed by atoms with Gasteiger partial charge in [-0.25, -0.2) is 9.50 Å². The summed E-state index contributed by atoms with van der Waals surface area (Å²) in [5, 5.41) is 5.82. The Hall–Kier alpha value is -4.57. The van der Waals surface area contributed by atoms with E-state index >= 15 is 0 Å². The van der Waals surface area contributed by atoms with Crippen molar-refractivity contribution in [2.24, 2.45) is 0 Å². The minimum atomic E-state index is 0.323. The number of rotatable bonds is 8. The van der Waals surface area contributed by atoms with Gasteiger partial charge in [0.2, 0.25) is 4.96 Å². The highest BCUT2D eigenvalue weighted by Gasteiger charge is 2.17. The number of pyridine rings is 1. The van der Waals surface area contributed by atoms with Crippen LogP contribution in [0.2, 0.25) is 0 Å². The number of nitrogens with zero attached hydrogens (tertiary/aromatic N) is 4. The average molecular weight is 529 g/mol. The summed E-state index contributed by atoms with van der Waals surface area (Å²) in [6.45, 7) is 2.34. The van der Waals surface area contributed by atoms with Crippen molar-refractivity contribution >= 4 is 27.3 Å². The Balaban J connectivity index is 1.31. The molecule has 2 aromatic carbocycles. The second-order valence-electron chi connectivity index (χ2n) is 8.59. The van der Waals surface area contributed by atoms with Crippen LogP contribution in [-0.2, 0) is 6.61 Å². The summed E-state index contributed by atoms with van der Waals surface area (Å²) in [6, 6.07) is 15.7. The van der Waals surface area contributed by atoms with Gasteiger partial charge in [0.05, 0.1) is 39.4 Å². The summed E-state index contributed by atoms with van der Waals surface area (Å²) < 4.78 is 30.1. The molecule has 0 atom stereocenters. The quantitative estimate of drug-likeness (QED) is 0.231. The molecule has 4 aromatic heterocycles. The van der Waals surface area contributed by atoms with Crippen LogP contribution < -0.4 is 18.9 Å². The summed E-state index contributed by atoms with van der Waals surface area (Å²) >= 11 is 1.36. The highest BCUT2D eigenvalue weighted by molar-refractivity contribution is 7.18. The number of ether oxygens (including phenoxy) is 4. The minimum Gasteiger partial charge on any atom is -0.497 e. The van der Waals surface area contributed by atoms with E-state index in [0.29, 0.717) is 40.3 Å². The topological polar surface area (TPSA) is 93.1 Å². The van der Waals surface area contributed by atoms with Crippen LogP contribution in [0.3, 0.4) is 0 Å². The van der Waals surface area contributed by atoms with Crippen LogP contribution in [-0.4, -0.2) is 40.9 Å². The van der Waals surface area contributed by atoms with Crippen molar-refractivity contribution in [3.8, 4) is 45.2 Å². The van der Waals surface area contributed by atoms with E-state index in [2.05, 4.69) is 15.1 Å². The van der Waals surface area contributed by atoms with Crippen LogP contribution >= 0.6 is 11.3 Å². The highest BCUT2D eigenvalue weighted by atomic mass is 32.1. The molecule has 0 fully saturated rings. The van der Waals surface area contributed by atoms with Gasteiger partial charge in [0, 0.05) is 22.6 Å². The molecule has 0 spiro atoms. The molecule has 0 radical (unpaired) electrons. The van der Waals surface area contributed by atoms with Crippen LogP contribution in [0, 0.1) is 6.92 Å². The molecule has 0 bridgehead atoms. The van der Waals surface area contributed by atoms with Crippen LogP contribution in [0.4, 0.5) is 0 Å². The first-order valence-electron chi connectivity index (χ1n) is 11.8. The van der Waals surface area contributed by atoms with E-state index in [1.54, 1.807) is 32.0 Å². The molecular weight excluding hydrogens is 504 g/mol. The lowest BCUT2D eigenvalue weighted by Gasteiger charge is -2.12. The lowest BCUT2D eigenvalue weighted by Crippen LogP contribution is -1.99. The van der Waals surface area contributed by atoms with E-state index in [1.807, 2.05) is 61.7 Å². The number of furan rings is 1. The monoisotopic (exact) mass is 528 g/mol. The van der Waals surface area contributed by atoms with Crippen LogP contribution in [0.1, 0.15) is 11.1 Å². The van der Waals surface area contributed by atoms with Crippen molar-refractivity contribution in [1.82, 2.24) is 19.6 Å². The molecule has 9 nitrogen and oxygen atoms in total. The average Bonchev–Trinajstić information content (AvgIpc) is 3.65. The Morgan fingerprint density at radius 2 is 1.79 bits per heavy atom. The number of hydrogen-bond acceptors (Lipinski definition) is 9. The second-order valence-corrected chi connectivity index (χ2v) is 9.51. The largest absolute Gasteiger partial charge is 0.497 e. The summed E-state index contributed by atoms with van der Waals surface area (Å²) in [5.41, 5.74) is 5.13. The lowest BCUT2D eigenvalue weighted by atomic mass is 10.1. The number of hydrogen-bond donors (Lipinski definition) is 0. The van der Waals surface area contributed by atoms with E-state index in [1.165, 1.54) is 11.3 Å². The van der Waals surface area contributed by atoms with Gasteiger partial charge in [-0.1, -0.05) is 12.1 Å². The zero-order valence-corrected chi connectivity index (χ0v) is 22.0. The highest BCUT2D eigenvalue weighted by Crippen LogP contribution is 2.35. The first-order valence-corrected chi connectivity index (χ1v) is 12.6. The molecule has 6 rings (SSSR count). The van der Waals surface area contributed by atoms with Gasteiger partial charge in [0.15, 0.2) is 5.76 Å². The fourth-order valence-corrected chi connectivity index (χ4v) is 4.87. The fourth-order valence-electron chi connectivity index (χ4n) is 4.17. The molecule has 4 heterocycles. The van der Waals surface area contributed by atoms with Crippen molar-refractivity contribution < 1.29 is 23.4 Å². The number of benzene rings is 2. The molecule has 192 valence electrons. The zero-order chi connectivity index (χ0) is 26.2. The molecule has 0 amide bonds. The molecule has 0 saturated heterocycles. The van der Waals surface area contributed by atoms with Gasteiger partial charge in [0.1, 0.15) is 35.1 Å². The Bertz CT molecular complexity index is 1720. The van der Waals surface area contributed by atoms with Crippen molar-refractivity contribution in [1.29, 1.82) is 0 Å². The third-order valence-corrected chi connectivity index (χ3v) is 7.11. The maximum absolute atomic E-state index is 6.32. The summed E-state index contributed by atoms with van der Waals surface area (Å²) in [7, 11) is 4.84. The first-order chi connectivity index (χ1) is 18.5. The van der Waals surface area contributed by atoms with Gasteiger partial charge in [-0.3, -0.25) is 4.98 Å². The van der Waals surface area contributed by atoms with Gasteiger partial charge < -0.3 is 23.4 Å². The predicted octanol–water partition coefficient (Wildman–Crippen LogP) is 6.18. The molecule has 0 aliphatic rings. The van der Waals surface area contributed by atoms with E-state index in [-0.39, 0.29) is 0 Å². The zero-order valence-electron chi connectivity index (χ0n) is 21.2. The number of methoxy groups -OCH3 is 3. The van der Waals surface area contributed by atoms with Crippen molar-refractivity contribution in [3.63, 3.8) is 0 Å². The number of aryl methyl sites for hydroxylation is 1. The Kier molecular flexibility index (Phi) is 6.09. The smallest absolute Gasteiger partial charge is 0.294 e. The fraction of sp³-hybridized carbons (Fsp3) is 0.179. The maximum Gasteiger partial charge on any atom is 0.294 e. The van der Waals surface area contributed by atoms with E-state index < -0.39 is 0 Å². The summed E-state index contributed by atoms with van der Waals surface area (Å²) in [5.74, 6) is 2.80. The Morgan fingerprint density at radius 1 is 0.921 bits per heavy atom. The SMILES string of the molecule is COc1ccc(-c2ccc(C)c(OCc3cc(OC)cc4oc(-c5cn6nc(OC)sc6n5)cc34)c2)nc1. The van der Waals surface area contributed by atoms with Gasteiger partial charge in [-0.2, -0.15) is 0 Å². The first kappa shape index (κ1) is 23.8. The normalized spacial score (nSPS) is 11.3. The summed E-state index contributed by atoms with van der Waals surface area (Å²) in [6.07, 6.45) is 3.52. The van der Waals surface area contributed by atoms with Crippen LogP contribution in [0.15, 0.2) is 65.3 Å². The minimum absolute atomic E-state index is 0.323. The number of imidazole rings is 1. The third-order valence-electron chi connectivity index (χ3n) is 6.22. The van der Waals surface area contributed by atoms with E-state index in [0.717, 1.165) is 38.5 Å². The van der Waals surface area contributed by atoms with E-state index in [4.69, 9.17) is 23.4 Å². The molecule has 0 unspecified atom stereocenters. The molecule has 0 saturated carbocycles. The maximum atomic E-state index is 6.32. The van der Waals surface area contributed by atoms with Gasteiger partial charge in [-0.15, -0.1) is 5.10 Å². The summed E-state index contributed by atoms with van der Waals surface area (Å²) in [4.78, 5) is 9.86. The second kappa shape index (κ2) is 9.71. The van der Waals surface area contributed by atoms with Crippen LogP contribution in [0.25, 0.3) is 38.6 Å². The van der Waals surface area contributed by atoms with Gasteiger partial charge in [-0.05, 0) is 54.2 Å². The Labute approximate surface area is 222 Å². The lowest BCUT2D eigenvalue weighted by molar-refractivity contribution is 0.304. The van der Waals surface area contributed by atoms with Crippen molar-refractivity contribution in [3.05, 3.63) is 72.1 Å².